The topological polar surface area (TPSA) is 174 Å². The van der Waals surface area contributed by atoms with Crippen molar-refractivity contribution in [2.24, 2.45) is 0 Å². The summed E-state index contributed by atoms with van der Waals surface area (Å²) in [7, 11) is -0.610. The molecule has 6 aromatic heterocycles. The van der Waals surface area contributed by atoms with Crippen LogP contribution >= 0.6 is 11.6 Å². The first-order valence-electron chi connectivity index (χ1n) is 39.7. The number of aromatic nitrogens is 10. The fourth-order valence-electron chi connectivity index (χ4n) is 15.0. The van der Waals surface area contributed by atoms with E-state index in [0.717, 1.165) is 150 Å². The highest BCUT2D eigenvalue weighted by molar-refractivity contribution is 6.67. The summed E-state index contributed by atoms with van der Waals surface area (Å²) in [6.45, 7) is 8.32. The molecule has 14 aromatic carbocycles. The van der Waals surface area contributed by atoms with Crippen molar-refractivity contribution in [2.75, 3.05) is 0 Å². The molecule has 0 N–H and O–H groups in total. The van der Waals surface area contributed by atoms with E-state index in [1.807, 2.05) is 255 Å². The van der Waals surface area contributed by atoms with E-state index >= 15 is 0 Å². The zero-order valence-corrected chi connectivity index (χ0v) is 66.6. The quantitative estimate of drug-likeness (QED) is 0.0941. The molecule has 0 spiro atoms. The number of halogens is 1. The summed E-state index contributed by atoms with van der Waals surface area (Å²) in [6.07, 6.45) is 0. The van der Waals surface area contributed by atoms with Crippen LogP contribution < -0.4 is 5.46 Å². The molecule has 0 amide bonds. The van der Waals surface area contributed by atoms with Crippen LogP contribution in [0.5, 0.6) is 0 Å². The van der Waals surface area contributed by atoms with Crippen molar-refractivity contribution >= 4 is 68.1 Å². The molecule has 21 rings (SSSR count). The molecule has 120 heavy (non-hydrogen) atoms. The number of furan rings is 2. The van der Waals surface area contributed by atoms with E-state index < -0.39 is 18.3 Å². The molecule has 574 valence electrons. The second-order valence-corrected chi connectivity index (χ2v) is 30.5. The lowest BCUT2D eigenvalue weighted by Gasteiger charge is -2.32. The van der Waals surface area contributed by atoms with Crippen LogP contribution in [0.2, 0.25) is 5.28 Å². The molecule has 16 heteroatoms. The number of nitrogens with zero attached hydrogens (tertiary/aromatic N) is 10. The molecule has 1 fully saturated rings. The lowest BCUT2D eigenvalue weighted by Crippen LogP contribution is -2.41. The van der Waals surface area contributed by atoms with Gasteiger partial charge in [0, 0.05) is 82.6 Å². The van der Waals surface area contributed by atoms with Crippen molar-refractivity contribution in [2.45, 2.75) is 38.9 Å². The first kappa shape index (κ1) is 75.2. The third kappa shape index (κ3) is 15.4. The van der Waals surface area contributed by atoms with Gasteiger partial charge in [-0.15, -0.1) is 0 Å². The Morgan fingerprint density at radius 2 is 0.517 bits per heavy atom. The average Bonchev–Trinajstić information content (AvgIpc) is 1.57. The minimum atomic E-state index is -0.610. The SMILES string of the molecule is CC1(C)OB(c2c(-c3cccc(-c4cc(-c5ccccc5)nc(-c5ccccc5)n4)c3)ccc3c2oc2ccccc23)OC1(C)C.Clc1nc(-c2ccccc2)nc(-c2ccccc2)n1.c1ccc(-c2cc(-c3cccc(-c4ccc5c(oc6ccccc65)c4-c4nc(-c5ccccc5)nc(-c5ccccc5)n4)c3)nc(-c3ccccc3)n2)cc1. The Balaban J connectivity index is 0.000000132. The van der Waals surface area contributed by atoms with Crippen molar-refractivity contribution in [1.82, 2.24) is 49.8 Å². The molecule has 0 atom stereocenters. The maximum Gasteiger partial charge on any atom is 0.499 e. The van der Waals surface area contributed by atoms with Crippen LogP contribution in [0.1, 0.15) is 27.7 Å². The zero-order chi connectivity index (χ0) is 81.1. The first-order valence-corrected chi connectivity index (χ1v) is 40.1. The van der Waals surface area contributed by atoms with Crippen molar-refractivity contribution in [3.63, 3.8) is 0 Å². The normalized spacial score (nSPS) is 12.8. The highest BCUT2D eigenvalue weighted by Crippen LogP contribution is 2.45. The predicted octanol–water partition coefficient (Wildman–Crippen LogP) is 25.4. The minimum absolute atomic E-state index is 0.202. The highest BCUT2D eigenvalue weighted by atomic mass is 35.5. The van der Waals surface area contributed by atoms with Gasteiger partial charge in [-0.05, 0) is 110 Å². The molecule has 20 aromatic rings. The number of benzene rings is 14. The van der Waals surface area contributed by atoms with Gasteiger partial charge in [0.15, 0.2) is 40.8 Å². The van der Waals surface area contributed by atoms with E-state index in [0.29, 0.717) is 46.4 Å². The smallest absolute Gasteiger partial charge is 0.456 e. The summed E-state index contributed by atoms with van der Waals surface area (Å²) in [6, 6.07) is 126. The van der Waals surface area contributed by atoms with E-state index in [1.165, 1.54) is 0 Å². The fraction of sp³-hybridized carbons (Fsp3) is 0.0577. The molecule has 1 aliphatic heterocycles. The number of fused-ring (bicyclic) bond motifs is 6. The van der Waals surface area contributed by atoms with E-state index in [2.05, 4.69) is 164 Å². The van der Waals surface area contributed by atoms with Crippen molar-refractivity contribution in [3.05, 3.63) is 381 Å². The van der Waals surface area contributed by atoms with E-state index in [1.54, 1.807) is 0 Å². The summed E-state index contributed by atoms with van der Waals surface area (Å²) in [4.78, 5) is 48.3. The Hall–Kier alpha value is -14.9. The van der Waals surface area contributed by atoms with Crippen LogP contribution in [-0.4, -0.2) is 68.2 Å². The summed E-state index contributed by atoms with van der Waals surface area (Å²) in [5, 5.41) is 4.33. The second kappa shape index (κ2) is 32.7. The molecule has 0 unspecified atom stereocenters. The zero-order valence-electron chi connectivity index (χ0n) is 65.9. The molecule has 0 radical (unpaired) electrons. The average molecular weight is 1570 g/mol. The Kier molecular flexibility index (Phi) is 20.5. The molecule has 1 saturated heterocycles. The van der Waals surface area contributed by atoms with Gasteiger partial charge in [-0.1, -0.05) is 328 Å². The van der Waals surface area contributed by atoms with Gasteiger partial charge < -0.3 is 18.1 Å². The summed E-state index contributed by atoms with van der Waals surface area (Å²) >= 11 is 5.99. The number of hydrogen-bond acceptors (Lipinski definition) is 14. The van der Waals surface area contributed by atoms with Gasteiger partial charge in [0.05, 0.1) is 39.5 Å². The Morgan fingerprint density at radius 1 is 0.233 bits per heavy atom. The number of rotatable bonds is 14. The molecule has 14 nitrogen and oxygen atoms in total. The second-order valence-electron chi connectivity index (χ2n) is 30.1. The molecule has 0 bridgehead atoms. The first-order chi connectivity index (χ1) is 58.8. The van der Waals surface area contributed by atoms with Crippen molar-refractivity contribution < 1.29 is 18.1 Å². The Labute approximate surface area is 698 Å². The maximum atomic E-state index is 6.71. The summed E-state index contributed by atoms with van der Waals surface area (Å²) in [5.41, 5.74) is 20.7. The molecular weight excluding hydrogens is 1500 g/mol. The lowest BCUT2D eigenvalue weighted by molar-refractivity contribution is 0.00578. The van der Waals surface area contributed by atoms with E-state index in [9.17, 15) is 0 Å². The van der Waals surface area contributed by atoms with Gasteiger partial charge >= 0.3 is 7.12 Å². The monoisotopic (exact) mass is 1570 g/mol. The van der Waals surface area contributed by atoms with Crippen molar-refractivity contribution in [3.8, 4) is 147 Å². The Bertz CT molecular complexity index is 6870. The van der Waals surface area contributed by atoms with Crippen LogP contribution in [0, 0.1) is 0 Å². The molecule has 7 heterocycles. The van der Waals surface area contributed by atoms with Gasteiger partial charge in [-0.3, -0.25) is 0 Å². The minimum Gasteiger partial charge on any atom is -0.456 e. The van der Waals surface area contributed by atoms with Gasteiger partial charge in [0.25, 0.3) is 0 Å². The number of hydrogen-bond donors (Lipinski definition) is 0. The third-order valence-corrected chi connectivity index (χ3v) is 22.0. The van der Waals surface area contributed by atoms with E-state index in [4.69, 9.17) is 64.6 Å². The maximum absolute atomic E-state index is 6.71. The van der Waals surface area contributed by atoms with Gasteiger partial charge in [-0.2, -0.15) is 9.97 Å². The van der Waals surface area contributed by atoms with Gasteiger partial charge in [-0.25, -0.2) is 39.9 Å². The largest absolute Gasteiger partial charge is 0.499 e. The molecule has 0 saturated carbocycles. The Morgan fingerprint density at radius 3 is 0.908 bits per heavy atom. The van der Waals surface area contributed by atoms with Gasteiger partial charge in [0.1, 0.15) is 22.3 Å². The summed E-state index contributed by atoms with van der Waals surface area (Å²) < 4.78 is 26.6. The predicted molar refractivity (Wildman–Crippen MR) is 483 cm³/mol. The molecular formula is C104H74BClN10O4. The highest BCUT2D eigenvalue weighted by Gasteiger charge is 2.53. The number of para-hydroxylation sites is 2. The standard InChI is InChI=1S/C49H31N5O.C40H33BN2O3.C15H10ClN3/c1-5-16-32(17-6-1)41-31-42(51-46(50-41)33-18-7-2-8-19-33)37-25-15-24-36(30-37)38-28-29-40-39-26-13-14-27-43(39)55-45(40)44(38)49-53-47(34-20-9-3-10-21-34)52-48(54-49)35-22-11-4-12-23-35;1-39(2)40(3,4)46-41(45-39)36-30(22-23-32-31-20-11-12-21-35(31)44-37(32)36)28-18-13-19-29(24-28)34-25-33(26-14-7-5-8-15-26)42-38(43-34)27-16-9-6-10-17-27;16-15-18-13(11-7-3-1-4-8-11)17-14(19-15)12-9-5-2-6-10-12/h1-31H;5-25H,1-4H3;1-10H. The third-order valence-electron chi connectivity index (χ3n) is 21.8. The van der Waals surface area contributed by atoms with Crippen molar-refractivity contribution in [1.29, 1.82) is 0 Å². The van der Waals surface area contributed by atoms with Crippen LogP contribution in [0.25, 0.3) is 191 Å². The van der Waals surface area contributed by atoms with E-state index in [-0.39, 0.29) is 5.28 Å². The van der Waals surface area contributed by atoms with Crippen LogP contribution in [0.4, 0.5) is 0 Å². The van der Waals surface area contributed by atoms with Crippen LogP contribution in [0.15, 0.2) is 385 Å². The van der Waals surface area contributed by atoms with Crippen LogP contribution in [0.3, 0.4) is 0 Å². The molecule has 0 aliphatic carbocycles. The summed E-state index contributed by atoms with van der Waals surface area (Å²) in [5.74, 6) is 4.21. The molecule has 1 aliphatic rings. The fourth-order valence-corrected chi connectivity index (χ4v) is 15.2. The van der Waals surface area contributed by atoms with Crippen LogP contribution in [-0.2, 0) is 9.31 Å². The van der Waals surface area contributed by atoms with Gasteiger partial charge in [0.2, 0.25) is 5.28 Å². The lowest BCUT2D eigenvalue weighted by atomic mass is 9.73.